The molecule has 24 heavy (non-hydrogen) atoms. The molecule has 0 saturated carbocycles. The van der Waals surface area contributed by atoms with Gasteiger partial charge in [0, 0.05) is 45.0 Å². The van der Waals surface area contributed by atoms with E-state index in [1.165, 1.54) is 0 Å². The number of fused-ring (bicyclic) bond motifs is 1. The third-order valence-corrected chi connectivity index (χ3v) is 6.12. The quantitative estimate of drug-likeness (QED) is 0.847. The normalized spacial score (nSPS) is 21.1. The van der Waals surface area contributed by atoms with Gasteiger partial charge in [-0.05, 0) is 39.0 Å². The van der Waals surface area contributed by atoms with Crippen LogP contribution in [0.5, 0.6) is 0 Å². The van der Waals surface area contributed by atoms with Crippen molar-refractivity contribution in [2.24, 2.45) is 5.92 Å². The molecule has 0 unspecified atom stereocenters. The third kappa shape index (κ3) is 4.06. The van der Waals surface area contributed by atoms with Crippen molar-refractivity contribution in [1.82, 2.24) is 9.97 Å². The number of hydrogen-bond donors (Lipinski definition) is 1. The summed E-state index contributed by atoms with van der Waals surface area (Å²) in [5.41, 5.74) is 0.944. The van der Waals surface area contributed by atoms with E-state index in [0.29, 0.717) is 5.75 Å². The standard InChI is InChI=1S/C17H28N4O2S/c1-12(2)18-16-15-14(7-11-24(15)22)19-17(20-16)21(3)8-4-13-5-9-23-10-6-13/h12-13H,4-11H2,1-3H3,(H,18,19,20)/t24-/m1/s1. The van der Waals surface area contributed by atoms with Crippen LogP contribution in [0.2, 0.25) is 0 Å². The van der Waals surface area contributed by atoms with Gasteiger partial charge in [0.05, 0.1) is 16.5 Å². The number of nitrogens with zero attached hydrogens (tertiary/aromatic N) is 3. The molecule has 0 aromatic carbocycles. The molecule has 0 radical (unpaired) electrons. The van der Waals surface area contributed by atoms with E-state index >= 15 is 0 Å². The molecule has 1 saturated heterocycles. The van der Waals surface area contributed by atoms with Crippen LogP contribution in [-0.4, -0.2) is 52.8 Å². The van der Waals surface area contributed by atoms with E-state index in [1.807, 2.05) is 7.05 Å². The minimum absolute atomic E-state index is 0.252. The fourth-order valence-corrected chi connectivity index (χ4v) is 4.55. The van der Waals surface area contributed by atoms with Crippen molar-refractivity contribution >= 4 is 22.6 Å². The molecule has 7 heteroatoms. The molecule has 6 nitrogen and oxygen atoms in total. The summed E-state index contributed by atoms with van der Waals surface area (Å²) in [7, 11) is 1.07. The summed E-state index contributed by atoms with van der Waals surface area (Å²) in [6.45, 7) is 6.85. The van der Waals surface area contributed by atoms with Gasteiger partial charge in [0.2, 0.25) is 5.95 Å². The lowest BCUT2D eigenvalue weighted by Crippen LogP contribution is -2.26. The molecule has 0 amide bonds. The maximum atomic E-state index is 12.2. The van der Waals surface area contributed by atoms with Crippen LogP contribution in [0.1, 0.15) is 38.8 Å². The SMILES string of the molecule is CC(C)Nc1nc(N(C)CCC2CCOCC2)nc2c1[S@](=O)CC2. The Balaban J connectivity index is 1.73. The largest absolute Gasteiger partial charge is 0.381 e. The fourth-order valence-electron chi connectivity index (χ4n) is 3.24. The highest BCUT2D eigenvalue weighted by Crippen LogP contribution is 2.30. The fraction of sp³-hybridized carbons (Fsp3) is 0.765. The van der Waals surface area contributed by atoms with E-state index in [0.717, 1.165) is 73.7 Å². The predicted molar refractivity (Wildman–Crippen MR) is 97.2 cm³/mol. The molecule has 1 fully saturated rings. The molecule has 1 atom stereocenters. The Labute approximate surface area is 146 Å². The zero-order valence-electron chi connectivity index (χ0n) is 14.9. The van der Waals surface area contributed by atoms with Gasteiger partial charge in [0.1, 0.15) is 10.7 Å². The summed E-state index contributed by atoms with van der Waals surface area (Å²) in [5, 5.41) is 3.35. The van der Waals surface area contributed by atoms with Gasteiger partial charge in [-0.2, -0.15) is 4.98 Å². The van der Waals surface area contributed by atoms with Crippen molar-refractivity contribution in [3.05, 3.63) is 5.69 Å². The highest BCUT2D eigenvalue weighted by Gasteiger charge is 2.27. The van der Waals surface area contributed by atoms with Gasteiger partial charge in [-0.1, -0.05) is 0 Å². The Hall–Kier alpha value is -1.21. The predicted octanol–water partition coefficient (Wildman–Crippen LogP) is 2.21. The van der Waals surface area contributed by atoms with E-state index in [4.69, 9.17) is 9.72 Å². The summed E-state index contributed by atoms with van der Waals surface area (Å²) >= 11 is 0. The molecule has 0 bridgehead atoms. The van der Waals surface area contributed by atoms with Gasteiger partial charge in [0.25, 0.3) is 0 Å². The van der Waals surface area contributed by atoms with E-state index in [2.05, 4.69) is 29.0 Å². The zero-order valence-corrected chi connectivity index (χ0v) is 15.7. The van der Waals surface area contributed by atoms with Crippen LogP contribution in [0.4, 0.5) is 11.8 Å². The van der Waals surface area contributed by atoms with Gasteiger partial charge < -0.3 is 15.0 Å². The number of ether oxygens (including phenoxy) is 1. The van der Waals surface area contributed by atoms with Crippen LogP contribution in [0.3, 0.4) is 0 Å². The molecule has 0 aliphatic carbocycles. The minimum atomic E-state index is -0.975. The Morgan fingerprint density at radius 2 is 2.08 bits per heavy atom. The number of aromatic nitrogens is 2. The van der Waals surface area contributed by atoms with Crippen LogP contribution < -0.4 is 10.2 Å². The average Bonchev–Trinajstić information content (AvgIpc) is 2.94. The molecule has 1 N–H and O–H groups in total. The lowest BCUT2D eigenvalue weighted by atomic mass is 9.96. The summed E-state index contributed by atoms with van der Waals surface area (Å²) in [4.78, 5) is 12.3. The molecular weight excluding hydrogens is 324 g/mol. The van der Waals surface area contributed by atoms with Crippen molar-refractivity contribution in [3.63, 3.8) is 0 Å². The van der Waals surface area contributed by atoms with Gasteiger partial charge in [0.15, 0.2) is 0 Å². The zero-order chi connectivity index (χ0) is 17.1. The van der Waals surface area contributed by atoms with Crippen LogP contribution in [-0.2, 0) is 22.0 Å². The minimum Gasteiger partial charge on any atom is -0.381 e. The number of hydrogen-bond acceptors (Lipinski definition) is 6. The molecule has 2 aliphatic heterocycles. The Morgan fingerprint density at radius 1 is 1.33 bits per heavy atom. The summed E-state index contributed by atoms with van der Waals surface area (Å²) in [6.07, 6.45) is 4.22. The second kappa shape index (κ2) is 7.78. The van der Waals surface area contributed by atoms with E-state index in [-0.39, 0.29) is 6.04 Å². The molecule has 134 valence electrons. The molecular formula is C17H28N4O2S. The second-order valence-corrected chi connectivity index (χ2v) is 8.52. The van der Waals surface area contributed by atoms with Crippen molar-refractivity contribution in [2.45, 2.75) is 50.5 Å². The summed E-state index contributed by atoms with van der Waals surface area (Å²) < 4.78 is 17.7. The lowest BCUT2D eigenvalue weighted by Gasteiger charge is -2.25. The monoisotopic (exact) mass is 352 g/mol. The van der Waals surface area contributed by atoms with Crippen LogP contribution in [0, 0.1) is 5.92 Å². The number of nitrogens with one attached hydrogen (secondary N) is 1. The van der Waals surface area contributed by atoms with Crippen molar-refractivity contribution < 1.29 is 8.95 Å². The number of rotatable bonds is 6. The van der Waals surface area contributed by atoms with E-state index in [9.17, 15) is 4.21 Å². The molecule has 1 aromatic heterocycles. The first-order chi connectivity index (χ1) is 11.5. The first-order valence-electron chi connectivity index (χ1n) is 8.89. The number of aryl methyl sites for hydroxylation is 1. The van der Waals surface area contributed by atoms with Crippen molar-refractivity contribution in [1.29, 1.82) is 0 Å². The van der Waals surface area contributed by atoms with Crippen LogP contribution >= 0.6 is 0 Å². The number of anilines is 2. The van der Waals surface area contributed by atoms with Gasteiger partial charge in [-0.25, -0.2) is 4.98 Å². The first kappa shape index (κ1) is 17.6. The summed E-state index contributed by atoms with van der Waals surface area (Å²) in [6, 6.07) is 0.252. The second-order valence-electron chi connectivity index (χ2n) is 7.01. The Kier molecular flexibility index (Phi) is 5.71. The molecule has 0 spiro atoms. The van der Waals surface area contributed by atoms with Crippen LogP contribution in [0.25, 0.3) is 0 Å². The summed E-state index contributed by atoms with van der Waals surface area (Å²) in [5.74, 6) is 2.88. The van der Waals surface area contributed by atoms with Crippen molar-refractivity contribution in [3.8, 4) is 0 Å². The Bertz CT molecular complexity index is 602. The van der Waals surface area contributed by atoms with E-state index in [1.54, 1.807) is 0 Å². The molecule has 1 aromatic rings. The maximum absolute atomic E-state index is 12.2. The van der Waals surface area contributed by atoms with Gasteiger partial charge >= 0.3 is 0 Å². The lowest BCUT2D eigenvalue weighted by molar-refractivity contribution is 0.0645. The van der Waals surface area contributed by atoms with E-state index < -0.39 is 10.8 Å². The average molecular weight is 353 g/mol. The Morgan fingerprint density at radius 3 is 2.79 bits per heavy atom. The first-order valence-corrected chi connectivity index (χ1v) is 10.2. The van der Waals surface area contributed by atoms with Gasteiger partial charge in [-0.15, -0.1) is 0 Å². The molecule has 2 aliphatic rings. The maximum Gasteiger partial charge on any atom is 0.227 e. The molecule has 3 heterocycles. The highest BCUT2D eigenvalue weighted by molar-refractivity contribution is 7.85. The third-order valence-electron chi connectivity index (χ3n) is 4.66. The smallest absolute Gasteiger partial charge is 0.227 e. The topological polar surface area (TPSA) is 67.3 Å². The van der Waals surface area contributed by atoms with Gasteiger partial charge in [-0.3, -0.25) is 4.21 Å². The molecule has 3 rings (SSSR count). The highest BCUT2D eigenvalue weighted by atomic mass is 32.2. The van der Waals surface area contributed by atoms with Crippen LogP contribution in [0.15, 0.2) is 4.90 Å². The van der Waals surface area contributed by atoms with Crippen molar-refractivity contribution in [2.75, 3.05) is 42.8 Å².